The summed E-state index contributed by atoms with van der Waals surface area (Å²) < 4.78 is 0. The molecule has 3 N–H and O–H groups in total. The zero-order valence-electron chi connectivity index (χ0n) is 10.3. The molecule has 0 saturated carbocycles. The van der Waals surface area contributed by atoms with Gasteiger partial charge >= 0.3 is 0 Å². The Morgan fingerprint density at radius 3 is 3.06 bits per heavy atom. The first-order chi connectivity index (χ1) is 8.22. The molecule has 1 aromatic carbocycles. The number of fused-ring (bicyclic) bond motifs is 1. The molecule has 0 fully saturated rings. The summed E-state index contributed by atoms with van der Waals surface area (Å²) in [5.74, 6) is 0.913. The van der Waals surface area contributed by atoms with Gasteiger partial charge in [0.15, 0.2) is 0 Å². The van der Waals surface area contributed by atoms with Crippen molar-refractivity contribution in [2.45, 2.75) is 32.2 Å². The van der Waals surface area contributed by atoms with Crippen molar-refractivity contribution in [2.75, 3.05) is 13.2 Å². The van der Waals surface area contributed by atoms with E-state index >= 15 is 0 Å². The SMILES string of the molecule is CC(CCO)CNC1CCc2c(O)cccc21. The Kier molecular flexibility index (Phi) is 4.02. The molecular formula is C14H21NO2. The van der Waals surface area contributed by atoms with Crippen molar-refractivity contribution in [2.24, 2.45) is 5.92 Å². The van der Waals surface area contributed by atoms with Crippen LogP contribution in [0.15, 0.2) is 18.2 Å². The smallest absolute Gasteiger partial charge is 0.119 e. The van der Waals surface area contributed by atoms with Gasteiger partial charge in [0.05, 0.1) is 0 Å². The highest BCUT2D eigenvalue weighted by molar-refractivity contribution is 5.44. The molecule has 1 aliphatic rings. The monoisotopic (exact) mass is 235 g/mol. The van der Waals surface area contributed by atoms with E-state index in [1.54, 1.807) is 6.07 Å². The molecule has 3 nitrogen and oxygen atoms in total. The molecule has 0 radical (unpaired) electrons. The molecule has 0 spiro atoms. The Labute approximate surface area is 102 Å². The van der Waals surface area contributed by atoms with E-state index in [4.69, 9.17) is 5.11 Å². The van der Waals surface area contributed by atoms with Crippen LogP contribution in [0.2, 0.25) is 0 Å². The van der Waals surface area contributed by atoms with Gasteiger partial charge < -0.3 is 15.5 Å². The average Bonchev–Trinajstić information content (AvgIpc) is 2.72. The van der Waals surface area contributed by atoms with Crippen LogP contribution in [0.1, 0.15) is 36.9 Å². The number of aromatic hydroxyl groups is 1. The molecular weight excluding hydrogens is 214 g/mol. The summed E-state index contributed by atoms with van der Waals surface area (Å²) in [6.45, 7) is 3.31. The molecule has 2 rings (SSSR count). The zero-order chi connectivity index (χ0) is 12.3. The second-order valence-electron chi connectivity index (χ2n) is 4.96. The Morgan fingerprint density at radius 1 is 1.47 bits per heavy atom. The summed E-state index contributed by atoms with van der Waals surface area (Å²) in [4.78, 5) is 0. The van der Waals surface area contributed by atoms with E-state index in [9.17, 15) is 5.11 Å². The van der Waals surface area contributed by atoms with E-state index in [1.165, 1.54) is 5.56 Å². The molecule has 3 heteroatoms. The van der Waals surface area contributed by atoms with Gasteiger partial charge in [0, 0.05) is 12.6 Å². The number of aliphatic hydroxyl groups is 1. The Bertz CT molecular complexity index is 378. The predicted octanol–water partition coefficient (Wildman–Crippen LogP) is 1.99. The third-order valence-corrected chi connectivity index (χ3v) is 3.58. The van der Waals surface area contributed by atoms with E-state index in [0.717, 1.165) is 31.4 Å². The molecule has 0 aliphatic heterocycles. The lowest BCUT2D eigenvalue weighted by atomic mass is 10.1. The van der Waals surface area contributed by atoms with E-state index in [1.807, 2.05) is 6.07 Å². The van der Waals surface area contributed by atoms with Gasteiger partial charge in [0.25, 0.3) is 0 Å². The van der Waals surface area contributed by atoms with Gasteiger partial charge in [-0.25, -0.2) is 0 Å². The standard InChI is InChI=1S/C14H21NO2/c1-10(7-8-16)9-15-13-6-5-12-11(13)3-2-4-14(12)17/h2-4,10,13,15-17H,5-9H2,1H3. The minimum atomic E-state index is 0.255. The molecule has 0 saturated heterocycles. The number of hydrogen-bond donors (Lipinski definition) is 3. The largest absolute Gasteiger partial charge is 0.508 e. The molecule has 17 heavy (non-hydrogen) atoms. The number of benzene rings is 1. The van der Waals surface area contributed by atoms with Crippen LogP contribution in [0.3, 0.4) is 0 Å². The fourth-order valence-electron chi connectivity index (χ4n) is 2.51. The van der Waals surface area contributed by atoms with Gasteiger partial charge in [-0.2, -0.15) is 0 Å². The fraction of sp³-hybridized carbons (Fsp3) is 0.571. The topological polar surface area (TPSA) is 52.5 Å². The van der Waals surface area contributed by atoms with Gasteiger partial charge in [0.2, 0.25) is 0 Å². The minimum Gasteiger partial charge on any atom is -0.508 e. The number of hydrogen-bond acceptors (Lipinski definition) is 3. The van der Waals surface area contributed by atoms with Crippen molar-refractivity contribution in [1.29, 1.82) is 0 Å². The molecule has 1 aromatic rings. The van der Waals surface area contributed by atoms with E-state index in [2.05, 4.69) is 18.3 Å². The van der Waals surface area contributed by atoms with Gasteiger partial charge in [-0.15, -0.1) is 0 Å². The van der Waals surface area contributed by atoms with Crippen LogP contribution in [-0.2, 0) is 6.42 Å². The maximum atomic E-state index is 9.75. The van der Waals surface area contributed by atoms with E-state index in [0.29, 0.717) is 17.7 Å². The highest BCUT2D eigenvalue weighted by Crippen LogP contribution is 2.36. The summed E-state index contributed by atoms with van der Waals surface area (Å²) >= 11 is 0. The molecule has 0 heterocycles. The third kappa shape index (κ3) is 2.79. The first-order valence-corrected chi connectivity index (χ1v) is 6.37. The van der Waals surface area contributed by atoms with Crippen molar-refractivity contribution in [1.82, 2.24) is 5.32 Å². The van der Waals surface area contributed by atoms with Gasteiger partial charge in [-0.1, -0.05) is 19.1 Å². The summed E-state index contributed by atoms with van der Waals surface area (Å²) in [6.07, 6.45) is 2.85. The van der Waals surface area contributed by atoms with Crippen LogP contribution in [0.5, 0.6) is 5.75 Å². The summed E-state index contributed by atoms with van der Waals surface area (Å²) in [5.41, 5.74) is 2.33. The summed E-state index contributed by atoms with van der Waals surface area (Å²) in [7, 11) is 0. The molecule has 94 valence electrons. The van der Waals surface area contributed by atoms with E-state index < -0.39 is 0 Å². The van der Waals surface area contributed by atoms with Crippen molar-refractivity contribution in [3.63, 3.8) is 0 Å². The highest BCUT2D eigenvalue weighted by Gasteiger charge is 2.24. The quantitative estimate of drug-likeness (QED) is 0.731. The van der Waals surface area contributed by atoms with Gasteiger partial charge in [0.1, 0.15) is 5.75 Å². The van der Waals surface area contributed by atoms with Crippen LogP contribution in [0.4, 0.5) is 0 Å². The number of phenolic OH excluding ortho intramolecular Hbond substituents is 1. The molecule has 1 aliphatic carbocycles. The van der Waals surface area contributed by atoms with Crippen LogP contribution in [0.25, 0.3) is 0 Å². The van der Waals surface area contributed by atoms with Gasteiger partial charge in [-0.05, 0) is 48.9 Å². The number of nitrogens with one attached hydrogen (secondary N) is 1. The molecule has 0 bridgehead atoms. The fourth-order valence-corrected chi connectivity index (χ4v) is 2.51. The lowest BCUT2D eigenvalue weighted by Gasteiger charge is -2.17. The first kappa shape index (κ1) is 12.4. The molecule has 2 unspecified atom stereocenters. The maximum Gasteiger partial charge on any atom is 0.119 e. The third-order valence-electron chi connectivity index (χ3n) is 3.58. The van der Waals surface area contributed by atoms with E-state index in [-0.39, 0.29) is 6.61 Å². The molecule has 0 aromatic heterocycles. The number of rotatable bonds is 5. The second kappa shape index (κ2) is 5.52. The van der Waals surface area contributed by atoms with Crippen LogP contribution < -0.4 is 5.32 Å². The minimum absolute atomic E-state index is 0.255. The highest BCUT2D eigenvalue weighted by atomic mass is 16.3. The Balaban J connectivity index is 1.96. The number of aliphatic hydroxyl groups excluding tert-OH is 1. The lowest BCUT2D eigenvalue weighted by molar-refractivity contribution is 0.257. The van der Waals surface area contributed by atoms with Crippen molar-refractivity contribution >= 4 is 0 Å². The zero-order valence-corrected chi connectivity index (χ0v) is 10.3. The number of phenols is 1. The summed E-state index contributed by atoms with van der Waals surface area (Å²) in [6, 6.07) is 6.12. The maximum absolute atomic E-state index is 9.75. The Morgan fingerprint density at radius 2 is 2.29 bits per heavy atom. The van der Waals surface area contributed by atoms with Crippen LogP contribution >= 0.6 is 0 Å². The van der Waals surface area contributed by atoms with Gasteiger partial charge in [-0.3, -0.25) is 0 Å². The average molecular weight is 235 g/mol. The van der Waals surface area contributed by atoms with Crippen molar-refractivity contribution in [3.05, 3.63) is 29.3 Å². The van der Waals surface area contributed by atoms with Crippen LogP contribution in [-0.4, -0.2) is 23.4 Å². The van der Waals surface area contributed by atoms with Crippen molar-refractivity contribution in [3.8, 4) is 5.75 Å². The summed E-state index contributed by atoms with van der Waals surface area (Å²) in [5, 5.41) is 22.1. The molecule has 2 atom stereocenters. The first-order valence-electron chi connectivity index (χ1n) is 6.37. The Hall–Kier alpha value is -1.06. The normalized spacial score (nSPS) is 20.2. The van der Waals surface area contributed by atoms with Crippen molar-refractivity contribution < 1.29 is 10.2 Å². The molecule has 0 amide bonds. The lowest BCUT2D eigenvalue weighted by Crippen LogP contribution is -2.25. The second-order valence-corrected chi connectivity index (χ2v) is 4.96. The predicted molar refractivity (Wildman–Crippen MR) is 68.0 cm³/mol. The van der Waals surface area contributed by atoms with Crippen LogP contribution in [0, 0.1) is 5.92 Å².